The van der Waals surface area contributed by atoms with Crippen molar-refractivity contribution in [2.75, 3.05) is 0 Å². The number of Topliss-reactive ketones (excluding diaryl/α,β-unsaturated/α-hetero) is 1. The van der Waals surface area contributed by atoms with Gasteiger partial charge in [0.2, 0.25) is 0 Å². The number of fused-ring (bicyclic) bond motifs is 1. The van der Waals surface area contributed by atoms with Gasteiger partial charge in [-0.05, 0) is 36.5 Å². The maximum absolute atomic E-state index is 12.4. The predicted octanol–water partition coefficient (Wildman–Crippen LogP) is 3.00. The van der Waals surface area contributed by atoms with Crippen molar-refractivity contribution in [3.63, 3.8) is 0 Å². The monoisotopic (exact) mass is 328 g/mol. The molecule has 0 saturated heterocycles. The van der Waals surface area contributed by atoms with Gasteiger partial charge < -0.3 is 15.2 Å². The van der Waals surface area contributed by atoms with Crippen LogP contribution in [0.5, 0.6) is 5.75 Å². The number of hydrogen-bond donors (Lipinski definition) is 2. The van der Waals surface area contributed by atoms with Crippen molar-refractivity contribution in [3.8, 4) is 5.75 Å². The molecule has 3 rings (SSSR count). The standard InChI is InChI=1S/C19H24N2O3/c1-2-13-14(11-12-7-4-3-5-8-12)21-10-6-9-15(22)17(21)16(13)18(23)19(20)24/h6,9-10,12,22H,2-5,7-8,11H2,1H3,(H2,20,24). The second-order valence-electron chi connectivity index (χ2n) is 6.67. The molecule has 5 nitrogen and oxygen atoms in total. The van der Waals surface area contributed by atoms with Crippen LogP contribution in [0.1, 0.15) is 60.6 Å². The zero-order valence-corrected chi connectivity index (χ0v) is 14.0. The van der Waals surface area contributed by atoms with Crippen LogP contribution < -0.4 is 5.73 Å². The van der Waals surface area contributed by atoms with E-state index in [0.29, 0.717) is 17.9 Å². The SMILES string of the molecule is CCc1c(C(=O)C(N)=O)c2c(O)cccn2c1CC1CCCCC1. The second-order valence-corrected chi connectivity index (χ2v) is 6.67. The Morgan fingerprint density at radius 2 is 2.00 bits per heavy atom. The molecule has 0 bridgehead atoms. The number of aromatic hydroxyl groups is 1. The first-order chi connectivity index (χ1) is 11.5. The van der Waals surface area contributed by atoms with Gasteiger partial charge in [-0.2, -0.15) is 0 Å². The van der Waals surface area contributed by atoms with E-state index in [9.17, 15) is 14.7 Å². The number of amides is 1. The third-order valence-electron chi connectivity index (χ3n) is 5.16. The molecule has 2 aromatic heterocycles. The molecule has 24 heavy (non-hydrogen) atoms. The summed E-state index contributed by atoms with van der Waals surface area (Å²) in [7, 11) is 0. The van der Waals surface area contributed by atoms with E-state index in [2.05, 4.69) is 0 Å². The lowest BCUT2D eigenvalue weighted by Gasteiger charge is -2.22. The summed E-state index contributed by atoms with van der Waals surface area (Å²) < 4.78 is 1.87. The Kier molecular flexibility index (Phi) is 4.60. The summed E-state index contributed by atoms with van der Waals surface area (Å²) in [5.74, 6) is -1.11. The fraction of sp³-hybridized carbons (Fsp3) is 0.474. The third-order valence-corrected chi connectivity index (χ3v) is 5.16. The highest BCUT2D eigenvalue weighted by Gasteiger charge is 2.28. The molecular formula is C19H24N2O3. The Hall–Kier alpha value is -2.30. The Morgan fingerprint density at radius 1 is 1.29 bits per heavy atom. The first-order valence-corrected chi connectivity index (χ1v) is 8.72. The van der Waals surface area contributed by atoms with Crippen LogP contribution in [0.15, 0.2) is 18.3 Å². The molecule has 1 aliphatic carbocycles. The van der Waals surface area contributed by atoms with Gasteiger partial charge in [0.05, 0.1) is 11.1 Å². The molecule has 1 fully saturated rings. The molecule has 2 heterocycles. The maximum atomic E-state index is 12.4. The summed E-state index contributed by atoms with van der Waals surface area (Å²) in [5.41, 5.74) is 7.79. The van der Waals surface area contributed by atoms with E-state index >= 15 is 0 Å². The number of ketones is 1. The van der Waals surface area contributed by atoms with E-state index in [4.69, 9.17) is 5.73 Å². The average Bonchev–Trinajstić information content (AvgIpc) is 2.90. The van der Waals surface area contributed by atoms with Crippen molar-refractivity contribution in [2.24, 2.45) is 11.7 Å². The first-order valence-electron chi connectivity index (χ1n) is 8.72. The zero-order chi connectivity index (χ0) is 17.3. The Morgan fingerprint density at radius 3 is 2.62 bits per heavy atom. The Balaban J connectivity index is 2.18. The van der Waals surface area contributed by atoms with Gasteiger partial charge in [-0.1, -0.05) is 39.0 Å². The van der Waals surface area contributed by atoms with Crippen molar-refractivity contribution in [3.05, 3.63) is 35.2 Å². The zero-order valence-electron chi connectivity index (χ0n) is 14.0. The predicted molar refractivity (Wildman–Crippen MR) is 92.2 cm³/mol. The highest BCUT2D eigenvalue weighted by atomic mass is 16.3. The summed E-state index contributed by atoms with van der Waals surface area (Å²) in [6.07, 6.45) is 9.49. The number of carbonyl (C=O) groups is 2. The molecule has 0 spiro atoms. The number of pyridine rings is 1. The molecule has 0 aromatic carbocycles. The number of aromatic nitrogens is 1. The third kappa shape index (κ3) is 2.79. The van der Waals surface area contributed by atoms with E-state index in [1.165, 1.54) is 38.2 Å². The largest absolute Gasteiger partial charge is 0.506 e. The number of nitrogens with two attached hydrogens (primary N) is 1. The average molecular weight is 328 g/mol. The molecule has 0 aliphatic heterocycles. The van der Waals surface area contributed by atoms with Crippen LogP contribution in [-0.2, 0) is 17.6 Å². The minimum absolute atomic E-state index is 0.00620. The van der Waals surface area contributed by atoms with Crippen LogP contribution in [-0.4, -0.2) is 21.2 Å². The first kappa shape index (κ1) is 16.6. The minimum atomic E-state index is -0.982. The molecule has 1 aliphatic rings. The van der Waals surface area contributed by atoms with Gasteiger partial charge in [-0.15, -0.1) is 0 Å². The maximum Gasteiger partial charge on any atom is 0.289 e. The molecular weight excluding hydrogens is 304 g/mol. The highest BCUT2D eigenvalue weighted by Crippen LogP contribution is 2.35. The lowest BCUT2D eigenvalue weighted by atomic mass is 9.85. The molecule has 2 aromatic rings. The van der Waals surface area contributed by atoms with Crippen LogP contribution in [0.3, 0.4) is 0 Å². The Labute approximate surface area is 141 Å². The van der Waals surface area contributed by atoms with Gasteiger partial charge in [0, 0.05) is 11.9 Å². The topological polar surface area (TPSA) is 84.8 Å². The van der Waals surface area contributed by atoms with Crippen molar-refractivity contribution in [1.82, 2.24) is 4.40 Å². The lowest BCUT2D eigenvalue weighted by molar-refractivity contribution is -0.114. The van der Waals surface area contributed by atoms with E-state index in [0.717, 1.165) is 17.7 Å². The molecule has 0 unspecified atom stereocenters. The highest BCUT2D eigenvalue weighted by molar-refractivity contribution is 6.44. The quantitative estimate of drug-likeness (QED) is 0.653. The minimum Gasteiger partial charge on any atom is -0.506 e. The molecule has 3 N–H and O–H groups in total. The molecule has 0 atom stereocenters. The summed E-state index contributed by atoms with van der Waals surface area (Å²) in [4.78, 5) is 23.9. The van der Waals surface area contributed by atoms with Gasteiger partial charge in [0.1, 0.15) is 5.75 Å². The number of hydrogen-bond acceptors (Lipinski definition) is 3. The van der Waals surface area contributed by atoms with Gasteiger partial charge in [-0.25, -0.2) is 0 Å². The number of nitrogens with zero attached hydrogens (tertiary/aromatic N) is 1. The van der Waals surface area contributed by atoms with Crippen LogP contribution in [0.2, 0.25) is 0 Å². The number of primary amides is 1. The van der Waals surface area contributed by atoms with Crippen LogP contribution in [0, 0.1) is 5.92 Å². The number of carbonyl (C=O) groups excluding carboxylic acids is 2. The van der Waals surface area contributed by atoms with E-state index < -0.39 is 11.7 Å². The van der Waals surface area contributed by atoms with Crippen molar-refractivity contribution < 1.29 is 14.7 Å². The summed E-state index contributed by atoms with van der Waals surface area (Å²) in [6, 6.07) is 3.29. The van der Waals surface area contributed by atoms with Crippen LogP contribution in [0.25, 0.3) is 5.52 Å². The van der Waals surface area contributed by atoms with E-state index in [1.54, 1.807) is 6.07 Å². The molecule has 1 amide bonds. The summed E-state index contributed by atoms with van der Waals surface area (Å²) in [5, 5.41) is 10.3. The number of rotatable bonds is 5. The van der Waals surface area contributed by atoms with E-state index in [-0.39, 0.29) is 11.3 Å². The van der Waals surface area contributed by atoms with Crippen molar-refractivity contribution >= 4 is 17.2 Å². The van der Waals surface area contributed by atoms with Gasteiger partial charge in [-0.3, -0.25) is 9.59 Å². The van der Waals surface area contributed by atoms with E-state index in [1.807, 2.05) is 17.5 Å². The van der Waals surface area contributed by atoms with Crippen LogP contribution >= 0.6 is 0 Å². The summed E-state index contributed by atoms with van der Waals surface area (Å²) in [6.45, 7) is 1.97. The van der Waals surface area contributed by atoms with Crippen molar-refractivity contribution in [2.45, 2.75) is 51.9 Å². The normalized spacial score (nSPS) is 15.7. The van der Waals surface area contributed by atoms with Gasteiger partial charge in [0.15, 0.2) is 0 Å². The fourth-order valence-corrected chi connectivity index (χ4v) is 4.04. The molecule has 1 saturated carbocycles. The Bertz CT molecular complexity index is 785. The second kappa shape index (κ2) is 6.67. The molecule has 5 heteroatoms. The molecule has 128 valence electrons. The smallest absolute Gasteiger partial charge is 0.289 e. The van der Waals surface area contributed by atoms with Crippen LogP contribution in [0.4, 0.5) is 0 Å². The van der Waals surface area contributed by atoms with Gasteiger partial charge >= 0.3 is 0 Å². The lowest BCUT2D eigenvalue weighted by Crippen LogP contribution is -2.24. The molecule has 0 radical (unpaired) electrons. The van der Waals surface area contributed by atoms with Crippen molar-refractivity contribution in [1.29, 1.82) is 0 Å². The van der Waals surface area contributed by atoms with Gasteiger partial charge in [0.25, 0.3) is 11.7 Å². The summed E-state index contributed by atoms with van der Waals surface area (Å²) >= 11 is 0. The fourth-order valence-electron chi connectivity index (χ4n) is 4.04.